The van der Waals surface area contributed by atoms with Gasteiger partial charge in [0.15, 0.2) is 10.8 Å². The molecule has 1 N–H and O–H groups in total. The highest BCUT2D eigenvalue weighted by Crippen LogP contribution is 2.29. The highest BCUT2D eigenvalue weighted by Gasteiger charge is 2.25. The van der Waals surface area contributed by atoms with E-state index in [0.29, 0.717) is 11.5 Å². The Labute approximate surface area is 168 Å². The van der Waals surface area contributed by atoms with Crippen LogP contribution in [0.2, 0.25) is 0 Å². The molecule has 0 fully saturated rings. The molecule has 0 saturated carbocycles. The van der Waals surface area contributed by atoms with Crippen molar-refractivity contribution in [1.29, 1.82) is 0 Å². The monoisotopic (exact) mass is 436 g/mol. The molecular formula is C19H13BrN6S. The summed E-state index contributed by atoms with van der Waals surface area (Å²) in [6, 6.07) is 18.2. The summed E-state index contributed by atoms with van der Waals surface area (Å²) >= 11 is 8.89. The van der Waals surface area contributed by atoms with Crippen LogP contribution in [0.15, 0.2) is 64.1 Å². The Kier molecular flexibility index (Phi) is 3.95. The van der Waals surface area contributed by atoms with Gasteiger partial charge in [-0.3, -0.25) is 0 Å². The van der Waals surface area contributed by atoms with Gasteiger partial charge in [0.05, 0.1) is 17.3 Å². The molecule has 0 spiro atoms. The van der Waals surface area contributed by atoms with Crippen LogP contribution in [0.5, 0.6) is 0 Å². The van der Waals surface area contributed by atoms with Crippen molar-refractivity contribution in [2.45, 2.75) is 12.5 Å². The molecule has 0 saturated heterocycles. The van der Waals surface area contributed by atoms with Crippen LogP contribution in [-0.2, 0) is 0 Å². The van der Waals surface area contributed by atoms with Crippen LogP contribution in [0.3, 0.4) is 0 Å². The minimum atomic E-state index is -0.0493. The van der Waals surface area contributed by atoms with E-state index in [1.165, 1.54) is 0 Å². The van der Waals surface area contributed by atoms with Gasteiger partial charge in [-0.05, 0) is 52.5 Å². The zero-order valence-corrected chi connectivity index (χ0v) is 16.4. The molecule has 0 aliphatic carbocycles. The number of halogens is 1. The van der Waals surface area contributed by atoms with E-state index in [2.05, 4.69) is 53.9 Å². The molecule has 1 unspecified atom stereocenters. The molecule has 6 nitrogen and oxygen atoms in total. The number of nitrogens with one attached hydrogen (secondary N) is 1. The standard InChI is InChI=1S/C19H13BrN6S/c20-13-7-5-11(6-8-13)15-10-16(22-19(27)21-15)14-9-12-3-1-2-4-17(12)26-18(14)23-24-25-26/h1-9,16H,10H2,(H,22,27). The lowest BCUT2D eigenvalue weighted by Gasteiger charge is -2.25. The molecule has 1 atom stereocenters. The highest BCUT2D eigenvalue weighted by atomic mass is 79.9. The fourth-order valence-corrected chi connectivity index (χ4v) is 3.94. The van der Waals surface area contributed by atoms with Crippen LogP contribution in [0.4, 0.5) is 0 Å². The number of pyridine rings is 1. The number of rotatable bonds is 2. The van der Waals surface area contributed by atoms with Crippen LogP contribution in [-0.4, -0.2) is 30.9 Å². The lowest BCUT2D eigenvalue weighted by atomic mass is 9.95. The molecular weight excluding hydrogens is 424 g/mol. The predicted molar refractivity (Wildman–Crippen MR) is 112 cm³/mol. The number of nitrogens with zero attached hydrogens (tertiary/aromatic N) is 5. The molecule has 4 aromatic rings. The Bertz CT molecular complexity index is 1210. The summed E-state index contributed by atoms with van der Waals surface area (Å²) in [5, 5.41) is 17.2. The number of thiocarbonyl (C=S) groups is 1. The second kappa shape index (κ2) is 6.47. The summed E-state index contributed by atoms with van der Waals surface area (Å²) in [6.07, 6.45) is 0.697. The quantitative estimate of drug-likeness (QED) is 0.483. The molecule has 5 rings (SSSR count). The predicted octanol–water partition coefficient (Wildman–Crippen LogP) is 3.85. The first-order valence-corrected chi connectivity index (χ1v) is 9.63. The Balaban J connectivity index is 1.62. The Morgan fingerprint density at radius 2 is 1.93 bits per heavy atom. The largest absolute Gasteiger partial charge is 0.354 e. The Hall–Kier alpha value is -2.71. The van der Waals surface area contributed by atoms with E-state index in [1.807, 2.05) is 42.5 Å². The SMILES string of the molecule is S=C1N=C(c2ccc(Br)cc2)CC(c2cc3ccccc3n3nnnc23)N1. The van der Waals surface area contributed by atoms with Crippen molar-refractivity contribution in [3.05, 3.63) is 70.2 Å². The molecule has 1 aliphatic heterocycles. The molecule has 0 amide bonds. The van der Waals surface area contributed by atoms with E-state index in [9.17, 15) is 0 Å². The molecule has 0 bridgehead atoms. The van der Waals surface area contributed by atoms with Crippen molar-refractivity contribution in [3.63, 3.8) is 0 Å². The molecule has 8 heteroatoms. The fraction of sp³-hybridized carbons (Fsp3) is 0.105. The summed E-state index contributed by atoms with van der Waals surface area (Å²) in [5.74, 6) is 0. The lowest BCUT2D eigenvalue weighted by molar-refractivity contribution is 0.665. The van der Waals surface area contributed by atoms with E-state index in [-0.39, 0.29) is 6.04 Å². The molecule has 0 radical (unpaired) electrons. The number of para-hydroxylation sites is 1. The van der Waals surface area contributed by atoms with Gasteiger partial charge >= 0.3 is 0 Å². The van der Waals surface area contributed by atoms with Gasteiger partial charge in [0.25, 0.3) is 0 Å². The summed E-state index contributed by atoms with van der Waals surface area (Å²) in [5.41, 5.74) is 4.72. The molecule has 2 aromatic carbocycles. The number of hydrogen-bond donors (Lipinski definition) is 1. The maximum atomic E-state index is 5.42. The average molecular weight is 437 g/mol. The van der Waals surface area contributed by atoms with Gasteiger partial charge in [-0.15, -0.1) is 5.10 Å². The molecule has 132 valence electrons. The highest BCUT2D eigenvalue weighted by molar-refractivity contribution is 9.10. The number of fused-ring (bicyclic) bond motifs is 3. The van der Waals surface area contributed by atoms with Crippen molar-refractivity contribution in [2.24, 2.45) is 4.99 Å². The molecule has 3 heterocycles. The van der Waals surface area contributed by atoms with Crippen molar-refractivity contribution >= 4 is 55.5 Å². The van der Waals surface area contributed by atoms with Crippen LogP contribution in [0.1, 0.15) is 23.6 Å². The Morgan fingerprint density at radius 3 is 2.78 bits per heavy atom. The first-order chi connectivity index (χ1) is 13.2. The van der Waals surface area contributed by atoms with Crippen LogP contribution in [0, 0.1) is 0 Å². The minimum Gasteiger partial charge on any atom is -0.354 e. The normalized spacial score (nSPS) is 17.1. The second-order valence-corrected chi connectivity index (χ2v) is 7.65. The zero-order valence-electron chi connectivity index (χ0n) is 14.0. The van der Waals surface area contributed by atoms with E-state index in [0.717, 1.165) is 37.9 Å². The Morgan fingerprint density at radius 1 is 1.11 bits per heavy atom. The summed E-state index contributed by atoms with van der Waals surface area (Å²) in [7, 11) is 0. The molecule has 27 heavy (non-hydrogen) atoms. The zero-order chi connectivity index (χ0) is 18.4. The van der Waals surface area contributed by atoms with Crippen LogP contribution in [0.25, 0.3) is 16.6 Å². The van der Waals surface area contributed by atoms with Crippen LogP contribution < -0.4 is 5.32 Å². The van der Waals surface area contributed by atoms with Gasteiger partial charge in [-0.25, -0.2) is 4.99 Å². The average Bonchev–Trinajstić information content (AvgIpc) is 3.17. The minimum absolute atomic E-state index is 0.0493. The maximum absolute atomic E-state index is 5.42. The number of tetrazole rings is 1. The third kappa shape index (κ3) is 2.90. The number of hydrogen-bond acceptors (Lipinski definition) is 4. The van der Waals surface area contributed by atoms with Crippen molar-refractivity contribution in [2.75, 3.05) is 0 Å². The van der Waals surface area contributed by atoms with E-state index in [1.54, 1.807) is 4.52 Å². The lowest BCUT2D eigenvalue weighted by Crippen LogP contribution is -2.33. The smallest absolute Gasteiger partial charge is 0.193 e. The van der Waals surface area contributed by atoms with E-state index in [4.69, 9.17) is 12.2 Å². The summed E-state index contributed by atoms with van der Waals surface area (Å²) < 4.78 is 2.81. The summed E-state index contributed by atoms with van der Waals surface area (Å²) in [6.45, 7) is 0. The van der Waals surface area contributed by atoms with Crippen molar-refractivity contribution in [1.82, 2.24) is 25.4 Å². The molecule has 1 aliphatic rings. The fourth-order valence-electron chi connectivity index (χ4n) is 3.43. The van der Waals surface area contributed by atoms with Crippen molar-refractivity contribution in [3.8, 4) is 0 Å². The van der Waals surface area contributed by atoms with Crippen LogP contribution >= 0.6 is 28.1 Å². The number of aliphatic imine (C=N–C) groups is 1. The summed E-state index contributed by atoms with van der Waals surface area (Å²) in [4.78, 5) is 4.55. The van der Waals surface area contributed by atoms with Gasteiger partial charge in [-0.2, -0.15) is 4.52 Å². The van der Waals surface area contributed by atoms with E-state index >= 15 is 0 Å². The van der Waals surface area contributed by atoms with Gasteiger partial charge < -0.3 is 5.32 Å². The third-order valence-electron chi connectivity index (χ3n) is 4.69. The first kappa shape index (κ1) is 16.5. The van der Waals surface area contributed by atoms with Gasteiger partial charge in [0.1, 0.15) is 0 Å². The molecule has 2 aromatic heterocycles. The third-order valence-corrected chi connectivity index (χ3v) is 5.43. The van der Waals surface area contributed by atoms with Gasteiger partial charge in [0, 0.05) is 21.8 Å². The van der Waals surface area contributed by atoms with E-state index < -0.39 is 0 Å². The van der Waals surface area contributed by atoms with Gasteiger partial charge in [0.2, 0.25) is 0 Å². The number of benzene rings is 2. The second-order valence-electron chi connectivity index (χ2n) is 6.34. The number of aromatic nitrogens is 4. The topological polar surface area (TPSA) is 67.5 Å². The van der Waals surface area contributed by atoms with Gasteiger partial charge in [-0.1, -0.05) is 46.3 Å². The first-order valence-electron chi connectivity index (χ1n) is 8.43. The van der Waals surface area contributed by atoms with Crippen molar-refractivity contribution < 1.29 is 0 Å². The maximum Gasteiger partial charge on any atom is 0.193 e.